The molecule has 0 aliphatic heterocycles. The molecule has 0 N–H and O–H groups in total. The fraction of sp³-hybridized carbons (Fsp3) is 0.100. The Morgan fingerprint density at radius 3 is 3.07 bits per heavy atom. The Labute approximate surface area is 81.5 Å². The van der Waals surface area contributed by atoms with E-state index in [0.29, 0.717) is 12.2 Å². The molecule has 0 atom stereocenters. The molecular formula is C10H8N4. The second-order valence-electron chi connectivity index (χ2n) is 2.86. The van der Waals surface area contributed by atoms with Crippen molar-refractivity contribution in [1.29, 1.82) is 5.26 Å². The number of imidazole rings is 1. The van der Waals surface area contributed by atoms with Gasteiger partial charge in [0.1, 0.15) is 11.8 Å². The monoisotopic (exact) mass is 184 g/mol. The Kier molecular flexibility index (Phi) is 2.24. The van der Waals surface area contributed by atoms with E-state index in [9.17, 15) is 0 Å². The van der Waals surface area contributed by atoms with Gasteiger partial charge in [0.25, 0.3) is 0 Å². The molecule has 0 saturated carbocycles. The molecule has 14 heavy (non-hydrogen) atoms. The molecule has 2 rings (SSSR count). The van der Waals surface area contributed by atoms with Gasteiger partial charge in [-0.25, -0.2) is 9.97 Å². The summed E-state index contributed by atoms with van der Waals surface area (Å²) in [6.45, 7) is 0.648. The van der Waals surface area contributed by atoms with Crippen LogP contribution in [0.5, 0.6) is 0 Å². The molecular weight excluding hydrogens is 176 g/mol. The molecule has 0 aromatic carbocycles. The van der Waals surface area contributed by atoms with Gasteiger partial charge in [-0.05, 0) is 12.1 Å². The van der Waals surface area contributed by atoms with Crippen LogP contribution in [0.3, 0.4) is 0 Å². The summed E-state index contributed by atoms with van der Waals surface area (Å²) in [7, 11) is 0. The first-order valence-electron chi connectivity index (χ1n) is 4.20. The van der Waals surface area contributed by atoms with Crippen LogP contribution < -0.4 is 0 Å². The van der Waals surface area contributed by atoms with Gasteiger partial charge in [0, 0.05) is 12.4 Å². The molecule has 0 bridgehead atoms. The predicted octanol–water partition coefficient (Wildman–Crippen LogP) is 1.20. The van der Waals surface area contributed by atoms with Gasteiger partial charge in [0.15, 0.2) is 0 Å². The number of hydrogen-bond donors (Lipinski definition) is 0. The van der Waals surface area contributed by atoms with E-state index in [-0.39, 0.29) is 0 Å². The van der Waals surface area contributed by atoms with Crippen molar-refractivity contribution in [3.63, 3.8) is 0 Å². The van der Waals surface area contributed by atoms with Crippen LogP contribution in [0, 0.1) is 11.3 Å². The number of nitrogens with zero attached hydrogens (tertiary/aromatic N) is 4. The maximum absolute atomic E-state index is 8.66. The molecule has 0 spiro atoms. The Balaban J connectivity index is 2.22. The molecule has 2 aromatic rings. The first-order chi connectivity index (χ1) is 6.88. The zero-order valence-electron chi connectivity index (χ0n) is 7.46. The standard InChI is InChI=1S/C10H8N4/c11-6-9-2-1-3-10(13-9)7-14-5-4-12-8-14/h1-5,8H,7H2. The zero-order chi connectivity index (χ0) is 9.80. The van der Waals surface area contributed by atoms with E-state index in [1.54, 1.807) is 18.6 Å². The number of rotatable bonds is 2. The highest BCUT2D eigenvalue weighted by Gasteiger charge is 1.97. The molecule has 4 nitrogen and oxygen atoms in total. The maximum atomic E-state index is 8.66. The van der Waals surface area contributed by atoms with Gasteiger partial charge in [0.2, 0.25) is 0 Å². The normalized spacial score (nSPS) is 9.64. The summed E-state index contributed by atoms with van der Waals surface area (Å²) >= 11 is 0. The first kappa shape index (κ1) is 8.45. The summed E-state index contributed by atoms with van der Waals surface area (Å²) in [4.78, 5) is 8.09. The lowest BCUT2D eigenvalue weighted by atomic mass is 10.3. The molecule has 0 aliphatic carbocycles. The quantitative estimate of drug-likeness (QED) is 0.704. The van der Waals surface area contributed by atoms with E-state index in [1.807, 2.05) is 29.0 Å². The van der Waals surface area contributed by atoms with Crippen molar-refractivity contribution >= 4 is 0 Å². The maximum Gasteiger partial charge on any atom is 0.140 e. The lowest BCUT2D eigenvalue weighted by molar-refractivity contribution is 0.771. The molecule has 0 aliphatic rings. The SMILES string of the molecule is N#Cc1cccc(Cn2ccnc2)n1. The third-order valence-electron chi connectivity index (χ3n) is 1.83. The smallest absolute Gasteiger partial charge is 0.140 e. The van der Waals surface area contributed by atoms with Gasteiger partial charge < -0.3 is 4.57 Å². The van der Waals surface area contributed by atoms with Crippen molar-refractivity contribution in [3.05, 3.63) is 48.3 Å². The molecule has 2 heterocycles. The molecule has 4 heteroatoms. The summed E-state index contributed by atoms with van der Waals surface area (Å²) in [5.41, 5.74) is 1.31. The van der Waals surface area contributed by atoms with Crippen LogP contribution >= 0.6 is 0 Å². The zero-order valence-corrected chi connectivity index (χ0v) is 7.46. The summed E-state index contributed by atoms with van der Waals surface area (Å²) in [6.07, 6.45) is 5.30. The van der Waals surface area contributed by atoms with E-state index < -0.39 is 0 Å². The van der Waals surface area contributed by atoms with Gasteiger partial charge in [-0.15, -0.1) is 0 Å². The average Bonchev–Trinajstić information content (AvgIpc) is 2.71. The van der Waals surface area contributed by atoms with Crippen molar-refractivity contribution in [2.24, 2.45) is 0 Å². The van der Waals surface area contributed by atoms with Crippen molar-refractivity contribution in [3.8, 4) is 6.07 Å². The minimum Gasteiger partial charge on any atom is -0.331 e. The van der Waals surface area contributed by atoms with E-state index in [4.69, 9.17) is 5.26 Å². The van der Waals surface area contributed by atoms with Crippen LogP contribution in [0.1, 0.15) is 11.4 Å². The number of hydrogen-bond acceptors (Lipinski definition) is 3. The van der Waals surface area contributed by atoms with E-state index in [1.165, 1.54) is 0 Å². The van der Waals surface area contributed by atoms with Crippen LogP contribution in [0.4, 0.5) is 0 Å². The van der Waals surface area contributed by atoms with Gasteiger partial charge in [-0.2, -0.15) is 5.26 Å². The summed E-state index contributed by atoms with van der Waals surface area (Å²) in [5.74, 6) is 0. The topological polar surface area (TPSA) is 54.5 Å². The van der Waals surface area contributed by atoms with E-state index in [2.05, 4.69) is 9.97 Å². The highest BCUT2D eigenvalue weighted by Crippen LogP contribution is 2.00. The molecule has 0 unspecified atom stereocenters. The summed E-state index contributed by atoms with van der Waals surface area (Å²) in [6, 6.07) is 7.42. The third kappa shape index (κ3) is 1.77. The summed E-state index contributed by atoms with van der Waals surface area (Å²) in [5, 5.41) is 8.66. The second-order valence-corrected chi connectivity index (χ2v) is 2.86. The van der Waals surface area contributed by atoms with Gasteiger partial charge >= 0.3 is 0 Å². The minimum atomic E-state index is 0.447. The largest absolute Gasteiger partial charge is 0.331 e. The molecule has 0 fully saturated rings. The van der Waals surface area contributed by atoms with Crippen LogP contribution in [0.25, 0.3) is 0 Å². The molecule has 0 saturated heterocycles. The Bertz CT molecular complexity index is 453. The third-order valence-corrected chi connectivity index (χ3v) is 1.83. The predicted molar refractivity (Wildman–Crippen MR) is 50.3 cm³/mol. The van der Waals surface area contributed by atoms with Gasteiger partial charge in [-0.1, -0.05) is 6.07 Å². The fourth-order valence-electron chi connectivity index (χ4n) is 1.20. The lowest BCUT2D eigenvalue weighted by Crippen LogP contribution is -1.99. The van der Waals surface area contributed by atoms with E-state index in [0.717, 1.165) is 5.69 Å². The number of nitriles is 1. The Morgan fingerprint density at radius 2 is 2.36 bits per heavy atom. The number of aromatic nitrogens is 3. The highest BCUT2D eigenvalue weighted by atomic mass is 15.0. The number of pyridine rings is 1. The van der Waals surface area contributed by atoms with Crippen LogP contribution in [-0.4, -0.2) is 14.5 Å². The van der Waals surface area contributed by atoms with Gasteiger partial charge in [0.05, 0.1) is 18.6 Å². The van der Waals surface area contributed by atoms with Crippen molar-refractivity contribution in [2.75, 3.05) is 0 Å². The minimum absolute atomic E-state index is 0.447. The Morgan fingerprint density at radius 1 is 1.43 bits per heavy atom. The summed E-state index contributed by atoms with van der Waals surface area (Å²) < 4.78 is 1.91. The molecule has 2 aromatic heterocycles. The van der Waals surface area contributed by atoms with Crippen molar-refractivity contribution < 1.29 is 0 Å². The Hall–Kier alpha value is -2.15. The second kappa shape index (κ2) is 3.71. The van der Waals surface area contributed by atoms with Crippen LogP contribution in [-0.2, 0) is 6.54 Å². The highest BCUT2D eigenvalue weighted by molar-refractivity contribution is 5.22. The fourth-order valence-corrected chi connectivity index (χ4v) is 1.20. The van der Waals surface area contributed by atoms with Crippen molar-refractivity contribution in [2.45, 2.75) is 6.54 Å². The lowest BCUT2D eigenvalue weighted by Gasteiger charge is -2.00. The molecule has 0 amide bonds. The van der Waals surface area contributed by atoms with E-state index >= 15 is 0 Å². The molecule has 0 radical (unpaired) electrons. The van der Waals surface area contributed by atoms with Gasteiger partial charge in [-0.3, -0.25) is 0 Å². The van der Waals surface area contributed by atoms with Crippen LogP contribution in [0.2, 0.25) is 0 Å². The average molecular weight is 184 g/mol. The first-order valence-corrected chi connectivity index (χ1v) is 4.20. The molecule has 68 valence electrons. The van der Waals surface area contributed by atoms with Crippen LogP contribution in [0.15, 0.2) is 36.9 Å². The van der Waals surface area contributed by atoms with Crippen molar-refractivity contribution in [1.82, 2.24) is 14.5 Å².